The first kappa shape index (κ1) is 14.9. The van der Waals surface area contributed by atoms with Gasteiger partial charge in [0.15, 0.2) is 0 Å². The van der Waals surface area contributed by atoms with Gasteiger partial charge in [0.2, 0.25) is 0 Å². The number of furan rings is 1. The highest BCUT2D eigenvalue weighted by molar-refractivity contribution is 5.58. The Morgan fingerprint density at radius 2 is 1.75 bits per heavy atom. The summed E-state index contributed by atoms with van der Waals surface area (Å²) in [5.41, 5.74) is 2.51. The molecule has 0 aliphatic rings. The van der Waals surface area contributed by atoms with Gasteiger partial charge in [-0.15, -0.1) is 0 Å². The van der Waals surface area contributed by atoms with Crippen LogP contribution < -0.4 is 5.32 Å². The molecular weight excluding hydrogens is 246 g/mol. The molecule has 1 atom stereocenters. The van der Waals surface area contributed by atoms with Crippen molar-refractivity contribution in [1.29, 1.82) is 0 Å². The second kappa shape index (κ2) is 7.30. The lowest BCUT2D eigenvalue weighted by Gasteiger charge is -2.13. The molecule has 1 unspecified atom stereocenters. The van der Waals surface area contributed by atoms with E-state index in [2.05, 4.69) is 62.5 Å². The minimum absolute atomic E-state index is 0.318. The van der Waals surface area contributed by atoms with E-state index >= 15 is 0 Å². The van der Waals surface area contributed by atoms with E-state index in [0.717, 1.165) is 42.9 Å². The number of nitrogens with one attached hydrogen (secondary N) is 1. The van der Waals surface area contributed by atoms with Crippen LogP contribution in [0.1, 0.15) is 51.0 Å². The molecule has 2 nitrogen and oxygen atoms in total. The Hall–Kier alpha value is -1.54. The number of aryl methyl sites for hydroxylation is 1. The van der Waals surface area contributed by atoms with E-state index in [1.165, 1.54) is 5.56 Å². The van der Waals surface area contributed by atoms with Gasteiger partial charge < -0.3 is 9.73 Å². The molecule has 1 aromatic heterocycles. The van der Waals surface area contributed by atoms with Crippen molar-refractivity contribution in [2.45, 2.75) is 46.1 Å². The number of rotatable bonds is 7. The molecule has 0 radical (unpaired) electrons. The average molecular weight is 271 g/mol. The van der Waals surface area contributed by atoms with Crippen LogP contribution in [0.25, 0.3) is 11.3 Å². The zero-order chi connectivity index (χ0) is 14.4. The highest BCUT2D eigenvalue weighted by atomic mass is 16.3. The van der Waals surface area contributed by atoms with Crippen molar-refractivity contribution in [3.05, 3.63) is 47.7 Å². The molecule has 0 bridgehead atoms. The molecular formula is C18H25NO. The Kier molecular flexibility index (Phi) is 5.42. The summed E-state index contributed by atoms with van der Waals surface area (Å²) in [5.74, 6) is 2.00. The Labute approximate surface area is 122 Å². The highest BCUT2D eigenvalue weighted by Crippen LogP contribution is 2.27. The van der Waals surface area contributed by atoms with Crippen molar-refractivity contribution in [2.75, 3.05) is 6.54 Å². The van der Waals surface area contributed by atoms with Gasteiger partial charge in [-0.25, -0.2) is 0 Å². The Morgan fingerprint density at radius 3 is 2.35 bits per heavy atom. The lowest BCUT2D eigenvalue weighted by Crippen LogP contribution is -2.20. The van der Waals surface area contributed by atoms with E-state index < -0.39 is 0 Å². The molecule has 0 saturated heterocycles. The molecule has 20 heavy (non-hydrogen) atoms. The fourth-order valence-corrected chi connectivity index (χ4v) is 2.36. The highest BCUT2D eigenvalue weighted by Gasteiger charge is 2.13. The summed E-state index contributed by atoms with van der Waals surface area (Å²) in [5, 5.41) is 3.52. The predicted octanol–water partition coefficient (Wildman–Crippen LogP) is 4.96. The van der Waals surface area contributed by atoms with Crippen molar-refractivity contribution in [2.24, 2.45) is 0 Å². The summed E-state index contributed by atoms with van der Waals surface area (Å²) in [6.45, 7) is 7.57. The van der Waals surface area contributed by atoms with Crippen molar-refractivity contribution < 1.29 is 4.42 Å². The van der Waals surface area contributed by atoms with Gasteiger partial charge >= 0.3 is 0 Å². The van der Waals surface area contributed by atoms with Gasteiger partial charge in [-0.1, -0.05) is 45.0 Å². The summed E-state index contributed by atoms with van der Waals surface area (Å²) in [6.07, 6.45) is 3.26. The molecule has 0 fully saturated rings. The van der Waals surface area contributed by atoms with Crippen molar-refractivity contribution >= 4 is 0 Å². The van der Waals surface area contributed by atoms with E-state index in [1.807, 2.05) is 0 Å². The molecule has 0 aliphatic carbocycles. The van der Waals surface area contributed by atoms with Gasteiger partial charge in [0, 0.05) is 5.56 Å². The molecule has 0 aliphatic heterocycles. The maximum absolute atomic E-state index is 6.03. The molecule has 108 valence electrons. The molecule has 2 aromatic rings. The third-order valence-corrected chi connectivity index (χ3v) is 3.67. The van der Waals surface area contributed by atoms with E-state index in [1.54, 1.807) is 0 Å². The van der Waals surface area contributed by atoms with Crippen molar-refractivity contribution in [3.8, 4) is 11.3 Å². The van der Waals surface area contributed by atoms with Gasteiger partial charge in [-0.3, -0.25) is 0 Å². The zero-order valence-corrected chi connectivity index (χ0v) is 12.8. The van der Waals surface area contributed by atoms with Crippen LogP contribution in [-0.4, -0.2) is 6.54 Å². The predicted molar refractivity (Wildman–Crippen MR) is 84.8 cm³/mol. The van der Waals surface area contributed by atoms with Gasteiger partial charge in [0.1, 0.15) is 11.5 Å². The van der Waals surface area contributed by atoms with Crippen molar-refractivity contribution in [3.63, 3.8) is 0 Å². The number of hydrogen-bond acceptors (Lipinski definition) is 2. The zero-order valence-electron chi connectivity index (χ0n) is 12.8. The van der Waals surface area contributed by atoms with E-state index in [0.29, 0.717) is 6.04 Å². The van der Waals surface area contributed by atoms with Crippen LogP contribution in [0.5, 0.6) is 0 Å². The third-order valence-electron chi connectivity index (χ3n) is 3.67. The lowest BCUT2D eigenvalue weighted by atomic mass is 10.1. The quantitative estimate of drug-likeness (QED) is 0.770. The molecule has 1 aromatic carbocycles. The van der Waals surface area contributed by atoms with Crippen LogP contribution in [0.15, 0.2) is 40.8 Å². The normalized spacial score (nSPS) is 12.6. The summed E-state index contributed by atoms with van der Waals surface area (Å²) in [7, 11) is 0. The molecule has 2 heteroatoms. The first-order chi connectivity index (χ1) is 9.78. The Morgan fingerprint density at radius 1 is 1.00 bits per heavy atom. The molecule has 0 amide bonds. The lowest BCUT2D eigenvalue weighted by molar-refractivity contribution is 0.411. The standard InChI is InChI=1S/C18H25NO/c1-4-13-19-16(6-3)18-12-11-17(20-18)15-9-7-14(5-2)8-10-15/h7-12,16,19H,4-6,13H2,1-3H3. The van der Waals surface area contributed by atoms with Crippen LogP contribution in [0.4, 0.5) is 0 Å². The van der Waals surface area contributed by atoms with Crippen molar-refractivity contribution in [1.82, 2.24) is 5.32 Å². The average Bonchev–Trinajstić information content (AvgIpc) is 2.98. The monoisotopic (exact) mass is 271 g/mol. The first-order valence-electron chi connectivity index (χ1n) is 7.70. The van der Waals surface area contributed by atoms with Gasteiger partial charge in [-0.05, 0) is 43.5 Å². The number of hydrogen-bond donors (Lipinski definition) is 1. The molecule has 2 rings (SSSR count). The summed E-state index contributed by atoms with van der Waals surface area (Å²) in [6, 6.07) is 13.1. The second-order valence-electron chi connectivity index (χ2n) is 5.17. The summed E-state index contributed by atoms with van der Waals surface area (Å²) >= 11 is 0. The van der Waals surface area contributed by atoms with Gasteiger partial charge in [0.25, 0.3) is 0 Å². The molecule has 1 heterocycles. The van der Waals surface area contributed by atoms with E-state index in [-0.39, 0.29) is 0 Å². The topological polar surface area (TPSA) is 25.2 Å². The fourth-order valence-electron chi connectivity index (χ4n) is 2.36. The Bertz CT molecular complexity index is 512. The maximum Gasteiger partial charge on any atom is 0.134 e. The minimum atomic E-state index is 0.318. The van der Waals surface area contributed by atoms with Gasteiger partial charge in [-0.2, -0.15) is 0 Å². The Balaban J connectivity index is 2.14. The second-order valence-corrected chi connectivity index (χ2v) is 5.17. The minimum Gasteiger partial charge on any atom is -0.459 e. The van der Waals surface area contributed by atoms with Crippen LogP contribution in [0.2, 0.25) is 0 Å². The third kappa shape index (κ3) is 3.51. The smallest absolute Gasteiger partial charge is 0.134 e. The fraction of sp³-hybridized carbons (Fsp3) is 0.444. The number of benzene rings is 1. The molecule has 0 saturated carbocycles. The summed E-state index contributed by atoms with van der Waals surface area (Å²) in [4.78, 5) is 0. The van der Waals surface area contributed by atoms with Crippen LogP contribution >= 0.6 is 0 Å². The van der Waals surface area contributed by atoms with E-state index in [9.17, 15) is 0 Å². The van der Waals surface area contributed by atoms with Crippen LogP contribution in [0.3, 0.4) is 0 Å². The molecule has 0 spiro atoms. The van der Waals surface area contributed by atoms with Gasteiger partial charge in [0.05, 0.1) is 6.04 Å². The van der Waals surface area contributed by atoms with Crippen LogP contribution in [-0.2, 0) is 6.42 Å². The van der Waals surface area contributed by atoms with Crippen LogP contribution in [0, 0.1) is 0 Å². The molecule has 1 N–H and O–H groups in total. The first-order valence-corrected chi connectivity index (χ1v) is 7.70. The SMILES string of the molecule is CCCNC(CC)c1ccc(-c2ccc(CC)cc2)o1. The largest absolute Gasteiger partial charge is 0.459 e. The van der Waals surface area contributed by atoms with E-state index in [4.69, 9.17) is 4.42 Å². The summed E-state index contributed by atoms with van der Waals surface area (Å²) < 4.78 is 6.03. The maximum atomic E-state index is 6.03.